The Morgan fingerprint density at radius 2 is 1.82 bits per heavy atom. The zero-order chi connectivity index (χ0) is 24.4. The molecule has 1 amide bonds. The molecule has 1 aromatic heterocycles. The van der Waals surface area contributed by atoms with Gasteiger partial charge in [0.1, 0.15) is 0 Å². The molecule has 2 aliphatic heterocycles. The summed E-state index contributed by atoms with van der Waals surface area (Å²) in [5, 5.41) is 18.5. The van der Waals surface area contributed by atoms with Gasteiger partial charge < -0.3 is 24.4 Å². The zero-order valence-electron chi connectivity index (χ0n) is 19.7. The minimum absolute atomic E-state index is 0.149. The molecule has 3 heterocycles. The Labute approximate surface area is 195 Å². The number of piperidine rings is 1. The molecule has 2 N–H and O–H groups in total. The van der Waals surface area contributed by atoms with Gasteiger partial charge in [0.05, 0.1) is 23.6 Å². The van der Waals surface area contributed by atoms with Crippen LogP contribution in [0, 0.1) is 0 Å². The smallest absolute Gasteiger partial charge is 0.399 e. The molecule has 12 heteroatoms. The number of aliphatic hydroxyl groups is 2. The molecule has 0 aliphatic carbocycles. The summed E-state index contributed by atoms with van der Waals surface area (Å²) in [5.74, 6) is -0.657. The summed E-state index contributed by atoms with van der Waals surface area (Å²) in [7, 11) is -4.37. The number of amides is 1. The van der Waals surface area contributed by atoms with Gasteiger partial charge in [-0.25, -0.2) is 18.4 Å². The number of aromatic nitrogens is 2. The van der Waals surface area contributed by atoms with E-state index in [-0.39, 0.29) is 17.0 Å². The number of hydrogen-bond donors (Lipinski definition) is 2. The van der Waals surface area contributed by atoms with E-state index in [0.29, 0.717) is 24.8 Å². The van der Waals surface area contributed by atoms with Crippen molar-refractivity contribution in [3.63, 3.8) is 0 Å². The number of carbonyl (C=O) groups excluding carboxylic acids is 1. The topological polar surface area (TPSA) is 139 Å². The summed E-state index contributed by atoms with van der Waals surface area (Å²) in [6, 6.07) is -0.158. The van der Waals surface area contributed by atoms with Crippen LogP contribution in [0.5, 0.6) is 0 Å². The molecule has 2 fully saturated rings. The predicted molar refractivity (Wildman–Crippen MR) is 121 cm³/mol. The van der Waals surface area contributed by atoms with Gasteiger partial charge >= 0.3 is 7.12 Å². The molecule has 0 bridgehead atoms. The summed E-state index contributed by atoms with van der Waals surface area (Å²) in [6.07, 6.45) is 4.69. The molecule has 33 heavy (non-hydrogen) atoms. The van der Waals surface area contributed by atoms with Gasteiger partial charge in [-0.2, -0.15) is 0 Å². The molecule has 0 aromatic carbocycles. The summed E-state index contributed by atoms with van der Waals surface area (Å²) in [4.78, 5) is 22.0. The van der Waals surface area contributed by atoms with E-state index in [1.165, 1.54) is 12.4 Å². The van der Waals surface area contributed by atoms with Gasteiger partial charge in [0.15, 0.2) is 6.10 Å². The fraction of sp³-hybridized carbons (Fsp3) is 0.762. The Morgan fingerprint density at radius 3 is 2.39 bits per heavy atom. The average molecular weight is 483 g/mol. The highest BCUT2D eigenvalue weighted by molar-refractivity contribution is 7.91. The Bertz CT molecular complexity index is 924. The second-order valence-corrected chi connectivity index (χ2v) is 11.7. The number of rotatable bonds is 8. The lowest BCUT2D eigenvalue weighted by atomic mass is 9.81. The minimum Gasteiger partial charge on any atom is -0.399 e. The first-order valence-corrected chi connectivity index (χ1v) is 13.0. The second-order valence-electron chi connectivity index (χ2n) is 9.73. The molecule has 0 saturated carbocycles. The van der Waals surface area contributed by atoms with Crippen molar-refractivity contribution < 1.29 is 32.7 Å². The maximum atomic E-state index is 12.7. The second kappa shape index (κ2) is 9.95. The molecule has 10 nitrogen and oxygen atoms in total. The van der Waals surface area contributed by atoms with Gasteiger partial charge in [-0.1, -0.05) is 0 Å². The molecule has 0 radical (unpaired) electrons. The number of hydrogen-bond acceptors (Lipinski definition) is 9. The van der Waals surface area contributed by atoms with Crippen LogP contribution >= 0.6 is 0 Å². The van der Waals surface area contributed by atoms with Crippen LogP contribution in [0.15, 0.2) is 17.6 Å². The van der Waals surface area contributed by atoms with Crippen molar-refractivity contribution in [1.29, 1.82) is 0 Å². The largest absolute Gasteiger partial charge is 0.498 e. The highest BCUT2D eigenvalue weighted by atomic mass is 32.2. The van der Waals surface area contributed by atoms with Crippen LogP contribution in [0.2, 0.25) is 0 Å². The van der Waals surface area contributed by atoms with Crippen molar-refractivity contribution in [2.45, 2.75) is 88.3 Å². The Hall–Kier alpha value is -1.60. The molecule has 0 unspecified atom stereocenters. The number of aliphatic hydroxyl groups excluding tert-OH is 2. The SMILES string of the molecule is CC1(C)OB(c2cnc(S(=O)(=O)CCC[C@H]3CCCCN3C(=O)[C@@H](O)CO)nc2)OC1(C)C. The third kappa shape index (κ3) is 5.73. The van der Waals surface area contributed by atoms with E-state index >= 15 is 0 Å². The van der Waals surface area contributed by atoms with Crippen LogP contribution < -0.4 is 5.46 Å². The van der Waals surface area contributed by atoms with Crippen molar-refractivity contribution in [1.82, 2.24) is 14.9 Å². The van der Waals surface area contributed by atoms with Crippen LogP contribution in [-0.4, -0.2) is 88.8 Å². The lowest BCUT2D eigenvalue weighted by Crippen LogP contribution is -2.49. The molecule has 1 aromatic rings. The number of nitrogens with zero attached hydrogens (tertiary/aromatic N) is 3. The Balaban J connectivity index is 1.59. The van der Waals surface area contributed by atoms with Crippen LogP contribution in [-0.2, 0) is 23.9 Å². The molecule has 2 saturated heterocycles. The lowest BCUT2D eigenvalue weighted by Gasteiger charge is -2.36. The normalized spacial score (nSPS) is 23.5. The third-order valence-corrected chi connectivity index (χ3v) is 8.36. The van der Waals surface area contributed by atoms with E-state index in [1.54, 1.807) is 4.90 Å². The number of likely N-dealkylation sites (tertiary alicyclic amines) is 1. The van der Waals surface area contributed by atoms with Crippen molar-refractivity contribution in [2.75, 3.05) is 18.9 Å². The monoisotopic (exact) mass is 483 g/mol. The molecule has 2 aliphatic rings. The summed E-state index contributed by atoms with van der Waals surface area (Å²) < 4.78 is 37.4. The van der Waals surface area contributed by atoms with Crippen molar-refractivity contribution in [3.05, 3.63) is 12.4 Å². The average Bonchev–Trinajstić information content (AvgIpc) is 3.00. The van der Waals surface area contributed by atoms with E-state index < -0.39 is 46.8 Å². The highest BCUT2D eigenvalue weighted by Gasteiger charge is 2.52. The minimum atomic E-state index is -3.70. The predicted octanol–water partition coefficient (Wildman–Crippen LogP) is 0.0640. The van der Waals surface area contributed by atoms with E-state index in [4.69, 9.17) is 14.4 Å². The Kier molecular flexibility index (Phi) is 7.84. The maximum Gasteiger partial charge on any atom is 0.498 e. The van der Waals surface area contributed by atoms with E-state index in [0.717, 1.165) is 19.3 Å². The van der Waals surface area contributed by atoms with Gasteiger partial charge in [-0.15, -0.1) is 0 Å². The standard InChI is InChI=1S/C21H34BN3O7S/c1-20(2)21(3,4)32-22(31-20)15-12-23-19(24-13-15)33(29,30)11-7-9-16-8-5-6-10-25(16)18(28)17(27)14-26/h12-13,16-17,26-27H,5-11,14H2,1-4H3/t16-,17+/m1/s1. The molecular weight excluding hydrogens is 449 g/mol. The van der Waals surface area contributed by atoms with Crippen molar-refractivity contribution in [3.8, 4) is 0 Å². The van der Waals surface area contributed by atoms with Crippen molar-refractivity contribution in [2.24, 2.45) is 0 Å². The van der Waals surface area contributed by atoms with Crippen LogP contribution in [0.4, 0.5) is 0 Å². The molecular formula is C21H34BN3O7S. The third-order valence-electron chi connectivity index (χ3n) is 6.77. The molecule has 0 spiro atoms. The zero-order valence-corrected chi connectivity index (χ0v) is 20.5. The van der Waals surface area contributed by atoms with Gasteiger partial charge in [-0.3, -0.25) is 4.79 Å². The number of sulfone groups is 1. The van der Waals surface area contributed by atoms with Crippen LogP contribution in [0.3, 0.4) is 0 Å². The van der Waals surface area contributed by atoms with E-state index in [1.807, 2.05) is 27.7 Å². The fourth-order valence-corrected chi connectivity index (χ4v) is 5.20. The first-order chi connectivity index (χ1) is 15.4. The molecule has 3 rings (SSSR count). The van der Waals surface area contributed by atoms with Gasteiger partial charge in [0, 0.05) is 30.4 Å². The first-order valence-electron chi connectivity index (χ1n) is 11.4. The van der Waals surface area contributed by atoms with E-state index in [2.05, 4.69) is 9.97 Å². The van der Waals surface area contributed by atoms with Gasteiger partial charge in [0.25, 0.3) is 5.91 Å². The summed E-state index contributed by atoms with van der Waals surface area (Å²) in [6.45, 7) is 7.58. The Morgan fingerprint density at radius 1 is 1.21 bits per heavy atom. The van der Waals surface area contributed by atoms with Crippen LogP contribution in [0.25, 0.3) is 0 Å². The number of carbonyl (C=O) groups is 1. The van der Waals surface area contributed by atoms with E-state index in [9.17, 15) is 18.3 Å². The molecule has 2 atom stereocenters. The lowest BCUT2D eigenvalue weighted by molar-refractivity contribution is -0.146. The van der Waals surface area contributed by atoms with Gasteiger partial charge in [0.2, 0.25) is 15.0 Å². The van der Waals surface area contributed by atoms with Gasteiger partial charge in [-0.05, 0) is 59.8 Å². The summed E-state index contributed by atoms with van der Waals surface area (Å²) in [5.41, 5.74) is -0.500. The van der Waals surface area contributed by atoms with Crippen LogP contribution in [0.1, 0.15) is 59.8 Å². The first kappa shape index (κ1) is 26.0. The van der Waals surface area contributed by atoms with Crippen molar-refractivity contribution >= 4 is 28.3 Å². The molecule has 184 valence electrons. The summed E-state index contributed by atoms with van der Waals surface area (Å²) >= 11 is 0. The fourth-order valence-electron chi connectivity index (χ4n) is 4.05. The quantitative estimate of drug-likeness (QED) is 0.388. The maximum absolute atomic E-state index is 12.7. The highest BCUT2D eigenvalue weighted by Crippen LogP contribution is 2.36.